The van der Waals surface area contributed by atoms with Crippen LogP contribution in [0.3, 0.4) is 0 Å². The largest absolute Gasteiger partial charge is 0.393 e. The van der Waals surface area contributed by atoms with Crippen LogP contribution < -0.4 is 0 Å². The number of hydrogen-bond acceptors (Lipinski definition) is 3. The van der Waals surface area contributed by atoms with E-state index < -0.39 is 0 Å². The SMILES string of the molecule is N#Cc1ccc(C2(C(=O)N3CCCC3C3CCCC3O)CC2)cc1. The van der Waals surface area contributed by atoms with Crippen LogP contribution in [0.4, 0.5) is 0 Å². The highest BCUT2D eigenvalue weighted by Crippen LogP contribution is 2.51. The van der Waals surface area contributed by atoms with Gasteiger partial charge >= 0.3 is 0 Å². The van der Waals surface area contributed by atoms with Crippen molar-refractivity contribution in [3.63, 3.8) is 0 Å². The number of aliphatic hydroxyl groups is 1. The van der Waals surface area contributed by atoms with Gasteiger partial charge in [0, 0.05) is 18.5 Å². The Kier molecular flexibility index (Phi) is 3.85. The molecule has 0 bridgehead atoms. The van der Waals surface area contributed by atoms with Crippen molar-refractivity contribution in [2.75, 3.05) is 6.54 Å². The van der Waals surface area contributed by atoms with Crippen LogP contribution in [-0.4, -0.2) is 34.6 Å². The predicted octanol–water partition coefficient (Wildman–Crippen LogP) is 2.74. The average Bonchev–Trinajstić information content (AvgIpc) is 3.08. The molecule has 0 aromatic heterocycles. The zero-order valence-corrected chi connectivity index (χ0v) is 13.9. The molecule has 4 nitrogen and oxygen atoms in total. The van der Waals surface area contributed by atoms with Crippen molar-refractivity contribution in [3.05, 3.63) is 35.4 Å². The normalized spacial score (nSPS) is 31.0. The number of nitriles is 1. The van der Waals surface area contributed by atoms with Crippen molar-refractivity contribution in [1.29, 1.82) is 5.26 Å². The van der Waals surface area contributed by atoms with Crippen LogP contribution in [0.15, 0.2) is 24.3 Å². The van der Waals surface area contributed by atoms with Crippen LogP contribution in [0.25, 0.3) is 0 Å². The fourth-order valence-corrected chi connectivity index (χ4v) is 4.80. The summed E-state index contributed by atoms with van der Waals surface area (Å²) in [5, 5.41) is 19.2. The van der Waals surface area contributed by atoms with E-state index in [1.54, 1.807) is 0 Å². The molecule has 1 amide bonds. The van der Waals surface area contributed by atoms with Crippen LogP contribution in [0, 0.1) is 17.2 Å². The molecule has 3 atom stereocenters. The van der Waals surface area contributed by atoms with Crippen molar-refractivity contribution in [3.8, 4) is 6.07 Å². The highest BCUT2D eigenvalue weighted by atomic mass is 16.3. The first kappa shape index (κ1) is 15.7. The summed E-state index contributed by atoms with van der Waals surface area (Å²) in [5.74, 6) is 0.502. The maximum atomic E-state index is 13.3. The van der Waals surface area contributed by atoms with Gasteiger partial charge in [-0.2, -0.15) is 5.26 Å². The summed E-state index contributed by atoms with van der Waals surface area (Å²) in [6, 6.07) is 9.86. The molecule has 1 aromatic rings. The van der Waals surface area contributed by atoms with Crippen LogP contribution in [-0.2, 0) is 10.2 Å². The molecule has 0 radical (unpaired) electrons. The maximum Gasteiger partial charge on any atom is 0.233 e. The third-order valence-corrected chi connectivity index (χ3v) is 6.31. The molecule has 4 heteroatoms. The van der Waals surface area contributed by atoms with Gasteiger partial charge < -0.3 is 10.0 Å². The topological polar surface area (TPSA) is 64.3 Å². The quantitative estimate of drug-likeness (QED) is 0.930. The average molecular weight is 324 g/mol. The maximum absolute atomic E-state index is 13.3. The predicted molar refractivity (Wildman–Crippen MR) is 90.2 cm³/mol. The van der Waals surface area contributed by atoms with Crippen LogP contribution in [0.5, 0.6) is 0 Å². The van der Waals surface area contributed by atoms with Crippen LogP contribution in [0.2, 0.25) is 0 Å². The number of hydrogen-bond donors (Lipinski definition) is 1. The van der Waals surface area contributed by atoms with Gasteiger partial charge in [0.2, 0.25) is 5.91 Å². The molecular weight excluding hydrogens is 300 g/mol. The molecule has 2 saturated carbocycles. The standard InChI is InChI=1S/C20H24N2O2/c21-13-14-6-8-15(9-7-14)20(10-11-20)19(24)22-12-2-4-17(22)16-3-1-5-18(16)23/h6-9,16-18,23H,1-5,10-12H2. The second-order valence-corrected chi connectivity index (χ2v) is 7.64. The highest BCUT2D eigenvalue weighted by Gasteiger charge is 2.55. The number of likely N-dealkylation sites (tertiary alicyclic amines) is 1. The van der Waals surface area contributed by atoms with Gasteiger partial charge in [0.15, 0.2) is 0 Å². The molecule has 2 aliphatic carbocycles. The van der Waals surface area contributed by atoms with Gasteiger partial charge in [-0.25, -0.2) is 0 Å². The Morgan fingerprint density at radius 1 is 1.17 bits per heavy atom. The lowest BCUT2D eigenvalue weighted by Crippen LogP contribution is -2.46. The van der Waals surface area contributed by atoms with E-state index in [0.717, 1.165) is 57.1 Å². The number of aliphatic hydroxyl groups excluding tert-OH is 1. The lowest BCUT2D eigenvalue weighted by molar-refractivity contribution is -0.136. The van der Waals surface area contributed by atoms with Crippen LogP contribution in [0.1, 0.15) is 56.1 Å². The second-order valence-electron chi connectivity index (χ2n) is 7.64. The fraction of sp³-hybridized carbons (Fsp3) is 0.600. The Hall–Kier alpha value is -1.86. The van der Waals surface area contributed by atoms with Gasteiger partial charge in [0.25, 0.3) is 0 Å². The molecule has 3 unspecified atom stereocenters. The van der Waals surface area contributed by atoms with E-state index in [1.165, 1.54) is 0 Å². The molecular formula is C20H24N2O2. The Balaban J connectivity index is 1.57. The van der Waals surface area contributed by atoms with E-state index in [9.17, 15) is 9.90 Å². The van der Waals surface area contributed by atoms with Gasteiger partial charge in [-0.3, -0.25) is 4.79 Å². The smallest absolute Gasteiger partial charge is 0.233 e. The zero-order chi connectivity index (χ0) is 16.7. The molecule has 1 saturated heterocycles. The fourth-order valence-electron chi connectivity index (χ4n) is 4.80. The van der Waals surface area contributed by atoms with E-state index in [-0.39, 0.29) is 29.4 Å². The summed E-state index contributed by atoms with van der Waals surface area (Å²) < 4.78 is 0. The monoisotopic (exact) mass is 324 g/mol. The van der Waals surface area contributed by atoms with Crippen molar-refractivity contribution in [1.82, 2.24) is 4.90 Å². The highest BCUT2D eigenvalue weighted by molar-refractivity contribution is 5.91. The molecule has 1 aromatic carbocycles. The molecule has 1 N–H and O–H groups in total. The number of rotatable bonds is 3. The van der Waals surface area contributed by atoms with Crippen molar-refractivity contribution >= 4 is 5.91 Å². The van der Waals surface area contributed by atoms with Crippen molar-refractivity contribution in [2.24, 2.45) is 5.92 Å². The first-order chi connectivity index (χ1) is 11.7. The number of benzene rings is 1. The van der Waals surface area contributed by atoms with Gasteiger partial charge in [0.05, 0.1) is 23.2 Å². The summed E-state index contributed by atoms with van der Waals surface area (Å²) in [7, 11) is 0. The molecule has 3 fully saturated rings. The Labute approximate surface area is 143 Å². The van der Waals surface area contributed by atoms with Crippen LogP contribution >= 0.6 is 0 Å². The van der Waals surface area contributed by atoms with E-state index in [4.69, 9.17) is 5.26 Å². The lowest BCUT2D eigenvalue weighted by atomic mass is 9.90. The van der Waals surface area contributed by atoms with E-state index in [2.05, 4.69) is 11.0 Å². The first-order valence-electron chi connectivity index (χ1n) is 9.15. The van der Waals surface area contributed by atoms with E-state index >= 15 is 0 Å². The minimum absolute atomic E-state index is 0.214. The summed E-state index contributed by atoms with van der Waals surface area (Å²) >= 11 is 0. The van der Waals surface area contributed by atoms with Gasteiger partial charge in [-0.05, 0) is 56.2 Å². The minimum Gasteiger partial charge on any atom is -0.393 e. The third kappa shape index (κ3) is 2.43. The summed E-state index contributed by atoms with van der Waals surface area (Å²) in [6.45, 7) is 0.824. The van der Waals surface area contributed by atoms with E-state index in [1.807, 2.05) is 24.3 Å². The number of nitrogens with zero attached hydrogens (tertiary/aromatic N) is 2. The van der Waals surface area contributed by atoms with Gasteiger partial charge in [-0.15, -0.1) is 0 Å². The molecule has 1 aliphatic heterocycles. The molecule has 0 spiro atoms. The molecule has 3 aliphatic rings. The number of carbonyl (C=O) groups excluding carboxylic acids is 1. The van der Waals surface area contributed by atoms with Crippen molar-refractivity contribution < 1.29 is 9.90 Å². The lowest BCUT2D eigenvalue weighted by Gasteiger charge is -2.34. The Morgan fingerprint density at radius 3 is 2.50 bits per heavy atom. The zero-order valence-electron chi connectivity index (χ0n) is 13.9. The summed E-state index contributed by atoms with van der Waals surface area (Å²) in [6.07, 6.45) is 6.62. The summed E-state index contributed by atoms with van der Waals surface area (Å²) in [5.41, 5.74) is 1.30. The molecule has 24 heavy (non-hydrogen) atoms. The number of amides is 1. The van der Waals surface area contributed by atoms with E-state index in [0.29, 0.717) is 5.56 Å². The Bertz CT molecular complexity index is 672. The van der Waals surface area contributed by atoms with Gasteiger partial charge in [0.1, 0.15) is 0 Å². The first-order valence-corrected chi connectivity index (χ1v) is 9.15. The molecule has 126 valence electrons. The second kappa shape index (κ2) is 5.89. The number of carbonyl (C=O) groups is 1. The van der Waals surface area contributed by atoms with Crippen molar-refractivity contribution in [2.45, 2.75) is 62.5 Å². The minimum atomic E-state index is -0.375. The molecule has 1 heterocycles. The van der Waals surface area contributed by atoms with Gasteiger partial charge in [-0.1, -0.05) is 18.6 Å². The molecule has 4 rings (SSSR count). The third-order valence-electron chi connectivity index (χ3n) is 6.31. The Morgan fingerprint density at radius 2 is 1.92 bits per heavy atom. The summed E-state index contributed by atoms with van der Waals surface area (Å²) in [4.78, 5) is 15.4.